The highest BCUT2D eigenvalue weighted by molar-refractivity contribution is 7.17. The quantitative estimate of drug-likeness (QED) is 0.749. The summed E-state index contributed by atoms with van der Waals surface area (Å²) < 4.78 is 0. The zero-order valence-corrected chi connectivity index (χ0v) is 9.34. The molecule has 0 aliphatic heterocycles. The van der Waals surface area contributed by atoms with Crippen LogP contribution in [0.5, 0.6) is 0 Å². The number of carboxylic acids is 1. The standard InChI is InChI=1S/C13H10O2S/c14-13(15)11-7-9-6-5-8-3-1-2-4-10(8)12(9)16-11/h1-4,7H,5-6H2,(H,14,15)/p-1. The van der Waals surface area contributed by atoms with E-state index in [1.807, 2.05) is 12.1 Å². The van der Waals surface area contributed by atoms with Gasteiger partial charge in [-0.15, -0.1) is 11.3 Å². The average molecular weight is 229 g/mol. The summed E-state index contributed by atoms with van der Waals surface area (Å²) in [4.78, 5) is 12.3. The lowest BCUT2D eigenvalue weighted by molar-refractivity contribution is -0.254. The van der Waals surface area contributed by atoms with E-state index in [1.165, 1.54) is 22.5 Å². The van der Waals surface area contributed by atoms with Crippen molar-refractivity contribution in [3.8, 4) is 10.4 Å². The predicted molar refractivity (Wildman–Crippen MR) is 61.5 cm³/mol. The zero-order valence-electron chi connectivity index (χ0n) is 8.53. The third-order valence-corrected chi connectivity index (χ3v) is 4.13. The molecule has 16 heavy (non-hydrogen) atoms. The first-order valence-electron chi connectivity index (χ1n) is 5.18. The summed E-state index contributed by atoms with van der Waals surface area (Å²) in [6.45, 7) is 0. The molecule has 1 aromatic carbocycles. The minimum Gasteiger partial charge on any atom is -0.544 e. The van der Waals surface area contributed by atoms with E-state index in [2.05, 4.69) is 12.1 Å². The van der Waals surface area contributed by atoms with Gasteiger partial charge in [0.2, 0.25) is 0 Å². The van der Waals surface area contributed by atoms with Crippen LogP contribution in [0.1, 0.15) is 20.8 Å². The Morgan fingerprint density at radius 3 is 2.75 bits per heavy atom. The monoisotopic (exact) mass is 229 g/mol. The second-order valence-corrected chi connectivity index (χ2v) is 4.96. The van der Waals surface area contributed by atoms with Gasteiger partial charge in [0.05, 0.1) is 10.8 Å². The summed E-state index contributed by atoms with van der Waals surface area (Å²) in [5.74, 6) is -1.07. The van der Waals surface area contributed by atoms with Gasteiger partial charge in [-0.25, -0.2) is 0 Å². The summed E-state index contributed by atoms with van der Waals surface area (Å²) >= 11 is 1.32. The Morgan fingerprint density at radius 2 is 1.94 bits per heavy atom. The Labute approximate surface area is 97.2 Å². The van der Waals surface area contributed by atoms with E-state index in [0.29, 0.717) is 4.88 Å². The van der Waals surface area contributed by atoms with Crippen molar-refractivity contribution in [1.82, 2.24) is 0 Å². The highest BCUT2D eigenvalue weighted by Crippen LogP contribution is 2.39. The highest BCUT2D eigenvalue weighted by atomic mass is 32.1. The van der Waals surface area contributed by atoms with Crippen LogP contribution in [0, 0.1) is 0 Å². The Balaban J connectivity index is 2.20. The molecule has 1 aliphatic carbocycles. The summed E-state index contributed by atoms with van der Waals surface area (Å²) in [5, 5.41) is 10.8. The van der Waals surface area contributed by atoms with Crippen LogP contribution in [0.15, 0.2) is 30.3 Å². The zero-order chi connectivity index (χ0) is 11.1. The van der Waals surface area contributed by atoms with Crippen LogP contribution in [0.3, 0.4) is 0 Å². The van der Waals surface area contributed by atoms with Crippen molar-refractivity contribution >= 4 is 17.3 Å². The number of hydrogen-bond acceptors (Lipinski definition) is 3. The number of benzene rings is 1. The summed E-state index contributed by atoms with van der Waals surface area (Å²) in [5.41, 5.74) is 3.63. The SMILES string of the molecule is O=C([O-])c1cc2c(s1)-c1ccccc1CC2. The van der Waals surface area contributed by atoms with Crippen molar-refractivity contribution in [2.45, 2.75) is 12.8 Å². The Bertz CT molecular complexity index is 569. The third kappa shape index (κ3) is 1.36. The maximum Gasteiger partial charge on any atom is 0.0815 e. The molecule has 0 bridgehead atoms. The molecule has 0 radical (unpaired) electrons. The maximum absolute atomic E-state index is 10.8. The van der Waals surface area contributed by atoms with Crippen LogP contribution in [-0.2, 0) is 12.8 Å². The van der Waals surface area contributed by atoms with Gasteiger partial charge in [-0.1, -0.05) is 24.3 Å². The highest BCUT2D eigenvalue weighted by Gasteiger charge is 2.18. The topological polar surface area (TPSA) is 40.1 Å². The molecule has 1 aliphatic rings. The lowest BCUT2D eigenvalue weighted by Crippen LogP contribution is -2.20. The molecule has 3 rings (SSSR count). The van der Waals surface area contributed by atoms with Crippen LogP contribution in [-0.4, -0.2) is 5.97 Å². The number of carboxylic acid groups (broad SMARTS) is 1. The molecule has 1 aromatic heterocycles. The fourth-order valence-electron chi connectivity index (χ4n) is 2.17. The van der Waals surface area contributed by atoms with Gasteiger partial charge in [-0.3, -0.25) is 0 Å². The molecule has 80 valence electrons. The van der Waals surface area contributed by atoms with E-state index in [4.69, 9.17) is 0 Å². The lowest BCUT2D eigenvalue weighted by atomic mass is 9.91. The molecule has 0 unspecified atom stereocenters. The Hall–Kier alpha value is -1.61. The lowest BCUT2D eigenvalue weighted by Gasteiger charge is -2.15. The molecule has 0 saturated heterocycles. The smallest absolute Gasteiger partial charge is 0.0815 e. The summed E-state index contributed by atoms with van der Waals surface area (Å²) in [6.07, 6.45) is 1.92. The normalized spacial score (nSPS) is 13.0. The van der Waals surface area contributed by atoms with Crippen molar-refractivity contribution in [3.63, 3.8) is 0 Å². The van der Waals surface area contributed by atoms with E-state index in [0.717, 1.165) is 23.3 Å². The molecule has 0 saturated carbocycles. The largest absolute Gasteiger partial charge is 0.544 e. The number of rotatable bonds is 1. The molecule has 0 amide bonds. The minimum atomic E-state index is -1.07. The van der Waals surface area contributed by atoms with Gasteiger partial charge >= 0.3 is 0 Å². The van der Waals surface area contributed by atoms with Crippen molar-refractivity contribution in [2.24, 2.45) is 0 Å². The van der Waals surface area contributed by atoms with E-state index >= 15 is 0 Å². The third-order valence-electron chi connectivity index (χ3n) is 2.94. The second kappa shape index (κ2) is 3.46. The fraction of sp³-hybridized carbons (Fsp3) is 0.154. The van der Waals surface area contributed by atoms with Crippen molar-refractivity contribution in [3.05, 3.63) is 46.3 Å². The molecule has 0 N–H and O–H groups in total. The molecular weight excluding hydrogens is 220 g/mol. The van der Waals surface area contributed by atoms with Crippen molar-refractivity contribution in [1.29, 1.82) is 0 Å². The van der Waals surface area contributed by atoms with Gasteiger partial charge in [-0.05, 0) is 35.6 Å². The van der Waals surface area contributed by atoms with Gasteiger partial charge in [0.25, 0.3) is 0 Å². The van der Waals surface area contributed by atoms with Gasteiger partial charge in [0.15, 0.2) is 0 Å². The number of carbonyl (C=O) groups excluding carboxylic acids is 1. The molecule has 1 heterocycles. The van der Waals surface area contributed by atoms with E-state index in [-0.39, 0.29) is 0 Å². The Kier molecular flexibility index (Phi) is 2.07. The number of thiophene rings is 1. The van der Waals surface area contributed by atoms with Crippen LogP contribution in [0.25, 0.3) is 10.4 Å². The van der Waals surface area contributed by atoms with Crippen LogP contribution >= 0.6 is 11.3 Å². The summed E-state index contributed by atoms with van der Waals surface area (Å²) in [6, 6.07) is 9.94. The van der Waals surface area contributed by atoms with Crippen LogP contribution in [0.2, 0.25) is 0 Å². The molecular formula is C13H9O2S-. The molecule has 2 aromatic rings. The van der Waals surface area contributed by atoms with Gasteiger partial charge in [0.1, 0.15) is 0 Å². The van der Waals surface area contributed by atoms with Crippen molar-refractivity contribution in [2.75, 3.05) is 0 Å². The molecule has 0 fully saturated rings. The van der Waals surface area contributed by atoms with E-state index in [1.54, 1.807) is 6.07 Å². The first-order valence-corrected chi connectivity index (χ1v) is 5.99. The molecule has 2 nitrogen and oxygen atoms in total. The second-order valence-electron chi connectivity index (χ2n) is 3.91. The maximum atomic E-state index is 10.8. The van der Waals surface area contributed by atoms with Crippen molar-refractivity contribution < 1.29 is 9.90 Å². The summed E-state index contributed by atoms with van der Waals surface area (Å²) in [7, 11) is 0. The van der Waals surface area contributed by atoms with Gasteiger partial charge in [0, 0.05) is 4.88 Å². The Morgan fingerprint density at radius 1 is 1.19 bits per heavy atom. The number of aryl methyl sites for hydroxylation is 2. The van der Waals surface area contributed by atoms with E-state index in [9.17, 15) is 9.90 Å². The predicted octanol–water partition coefficient (Wildman–Crippen LogP) is 1.88. The first-order chi connectivity index (χ1) is 7.75. The number of carbonyl (C=O) groups is 1. The average Bonchev–Trinajstić information content (AvgIpc) is 2.73. The number of fused-ring (bicyclic) bond motifs is 3. The fourth-order valence-corrected chi connectivity index (χ4v) is 3.28. The van der Waals surface area contributed by atoms with Crippen LogP contribution in [0.4, 0.5) is 0 Å². The van der Waals surface area contributed by atoms with Crippen LogP contribution < -0.4 is 5.11 Å². The first kappa shape index (κ1) is 9.60. The molecule has 3 heteroatoms. The van der Waals surface area contributed by atoms with E-state index < -0.39 is 5.97 Å². The number of hydrogen-bond donors (Lipinski definition) is 0. The van der Waals surface area contributed by atoms with Gasteiger partial charge < -0.3 is 9.90 Å². The molecule has 0 atom stereocenters. The van der Waals surface area contributed by atoms with Gasteiger partial charge in [-0.2, -0.15) is 0 Å². The minimum absolute atomic E-state index is 0.335. The number of aromatic carboxylic acids is 1. The molecule has 0 spiro atoms.